The smallest absolute Gasteiger partial charge is 0.293 e. The van der Waals surface area contributed by atoms with Crippen molar-refractivity contribution in [1.82, 2.24) is 14.5 Å². The van der Waals surface area contributed by atoms with Gasteiger partial charge in [0.25, 0.3) is 17.4 Å². The molecule has 1 aliphatic rings. The van der Waals surface area contributed by atoms with Crippen LogP contribution in [0.15, 0.2) is 77.7 Å². The highest BCUT2D eigenvalue weighted by atomic mass is 16.5. The highest BCUT2D eigenvalue weighted by molar-refractivity contribution is 6.07. The minimum absolute atomic E-state index is 0.00768. The molecule has 0 saturated carbocycles. The number of benzene rings is 3. The molecule has 46 heavy (non-hydrogen) atoms. The molecule has 2 amide bonds. The molecule has 3 aromatic carbocycles. The van der Waals surface area contributed by atoms with Crippen LogP contribution in [-0.2, 0) is 17.2 Å². The number of amides is 2. The van der Waals surface area contributed by atoms with Gasteiger partial charge < -0.3 is 24.4 Å². The Bertz CT molecular complexity index is 1780. The number of hydrogen-bond donors (Lipinski definition) is 1. The van der Waals surface area contributed by atoms with Crippen LogP contribution in [0.3, 0.4) is 0 Å². The summed E-state index contributed by atoms with van der Waals surface area (Å²) in [4.78, 5) is 48.2. The fraction of sp³-hybridized carbons (Fsp3) is 0.351. The maximum atomic E-state index is 13.9. The van der Waals surface area contributed by atoms with Gasteiger partial charge in [0.05, 0.1) is 18.9 Å². The van der Waals surface area contributed by atoms with Gasteiger partial charge in [-0.1, -0.05) is 45.0 Å². The molecule has 9 heteroatoms. The van der Waals surface area contributed by atoms with Crippen molar-refractivity contribution in [3.63, 3.8) is 0 Å². The predicted molar refractivity (Wildman–Crippen MR) is 183 cm³/mol. The lowest BCUT2D eigenvalue weighted by atomic mass is 9.86. The van der Waals surface area contributed by atoms with Gasteiger partial charge in [-0.25, -0.2) is 4.98 Å². The highest BCUT2D eigenvalue weighted by Gasteiger charge is 2.25. The summed E-state index contributed by atoms with van der Waals surface area (Å²) in [6.45, 7) is 14.6. The lowest BCUT2D eigenvalue weighted by Gasteiger charge is -2.29. The third-order valence-electron chi connectivity index (χ3n) is 8.34. The third kappa shape index (κ3) is 6.89. The summed E-state index contributed by atoms with van der Waals surface area (Å²) in [6.07, 6.45) is 1.70. The normalized spacial score (nSPS) is 13.5. The summed E-state index contributed by atoms with van der Waals surface area (Å²) in [5, 5.41) is 3.14. The molecule has 0 spiro atoms. The number of aryl methyl sites for hydroxylation is 1. The van der Waals surface area contributed by atoms with Crippen molar-refractivity contribution in [2.75, 3.05) is 36.5 Å². The molecule has 0 aliphatic carbocycles. The number of anilines is 3. The molecule has 240 valence electrons. The van der Waals surface area contributed by atoms with Crippen LogP contribution < -0.4 is 15.8 Å². The Morgan fingerprint density at radius 1 is 0.935 bits per heavy atom. The molecule has 5 rings (SSSR count). The fourth-order valence-corrected chi connectivity index (χ4v) is 5.64. The van der Waals surface area contributed by atoms with E-state index in [0.29, 0.717) is 48.8 Å². The van der Waals surface area contributed by atoms with E-state index in [1.165, 1.54) is 10.1 Å². The molecule has 0 atom stereocenters. The summed E-state index contributed by atoms with van der Waals surface area (Å²) in [5.41, 5.74) is 5.76. The molecule has 1 fully saturated rings. The van der Waals surface area contributed by atoms with E-state index in [1.54, 1.807) is 42.4 Å². The molecule has 1 N–H and O–H groups in total. The number of carbonyl (C=O) groups is 2. The molecule has 4 aromatic rings. The van der Waals surface area contributed by atoms with Gasteiger partial charge in [0.1, 0.15) is 0 Å². The number of ether oxygens (including phenoxy) is 1. The van der Waals surface area contributed by atoms with Crippen LogP contribution in [0.2, 0.25) is 0 Å². The minimum Gasteiger partial charge on any atom is -0.378 e. The van der Waals surface area contributed by atoms with Crippen molar-refractivity contribution >= 4 is 29.0 Å². The monoisotopic (exact) mass is 621 g/mol. The molecule has 0 radical (unpaired) electrons. The van der Waals surface area contributed by atoms with Gasteiger partial charge in [0.15, 0.2) is 5.82 Å². The Kier molecular flexibility index (Phi) is 9.44. The average molecular weight is 622 g/mol. The van der Waals surface area contributed by atoms with Gasteiger partial charge >= 0.3 is 0 Å². The third-order valence-corrected chi connectivity index (χ3v) is 8.34. The second-order valence-corrected chi connectivity index (χ2v) is 13.0. The maximum absolute atomic E-state index is 13.9. The van der Waals surface area contributed by atoms with E-state index in [2.05, 4.69) is 26.1 Å². The number of nitrogens with one attached hydrogen (secondary N) is 1. The Hall–Kier alpha value is -4.76. The number of morpholine rings is 1. The molecular weight excluding hydrogens is 578 g/mol. The quantitative estimate of drug-likeness (QED) is 0.259. The van der Waals surface area contributed by atoms with Gasteiger partial charge in [-0.2, -0.15) is 0 Å². The second-order valence-electron chi connectivity index (χ2n) is 13.0. The Morgan fingerprint density at radius 2 is 1.57 bits per heavy atom. The maximum Gasteiger partial charge on any atom is 0.293 e. The van der Waals surface area contributed by atoms with Gasteiger partial charge in [0.2, 0.25) is 0 Å². The van der Waals surface area contributed by atoms with E-state index in [-0.39, 0.29) is 34.6 Å². The molecule has 1 saturated heterocycles. The van der Waals surface area contributed by atoms with Gasteiger partial charge in [-0.3, -0.25) is 14.4 Å². The van der Waals surface area contributed by atoms with Crippen molar-refractivity contribution in [2.45, 2.75) is 53.0 Å². The molecule has 1 aromatic heterocycles. The van der Waals surface area contributed by atoms with Crippen LogP contribution in [0.4, 0.5) is 17.2 Å². The van der Waals surface area contributed by atoms with Crippen molar-refractivity contribution in [2.24, 2.45) is 7.05 Å². The first-order valence-electron chi connectivity index (χ1n) is 15.7. The lowest BCUT2D eigenvalue weighted by molar-refractivity contribution is 0.0303. The largest absolute Gasteiger partial charge is 0.378 e. The zero-order valence-corrected chi connectivity index (χ0v) is 27.8. The number of carbonyl (C=O) groups excluding carboxylic acids is 2. The van der Waals surface area contributed by atoms with E-state index in [1.807, 2.05) is 68.1 Å². The zero-order valence-electron chi connectivity index (χ0n) is 27.8. The summed E-state index contributed by atoms with van der Waals surface area (Å²) in [5.74, 6) is 0.0342. The van der Waals surface area contributed by atoms with Crippen molar-refractivity contribution < 1.29 is 14.3 Å². The van der Waals surface area contributed by atoms with E-state index in [9.17, 15) is 14.4 Å². The molecule has 9 nitrogen and oxygen atoms in total. The van der Waals surface area contributed by atoms with Gasteiger partial charge in [-0.05, 0) is 79.8 Å². The molecular formula is C37H43N5O4. The standard InChI is InChI=1S/C37H43N5O4/c1-24(2)42(35(44)27-11-15-28(16-12-27)37(4,5)6)32-10-8-9-30(25(32)3)31-23-40(7)36(45)33(39-31)38-29-17-13-26(14-18-29)34(43)41-19-21-46-22-20-41/h8-18,23-24H,19-22H2,1-7H3,(H,38,39). The van der Waals surface area contributed by atoms with Crippen LogP contribution in [0.25, 0.3) is 11.3 Å². The summed E-state index contributed by atoms with van der Waals surface area (Å²) in [6, 6.07) is 20.6. The van der Waals surface area contributed by atoms with Crippen molar-refractivity contribution in [3.8, 4) is 11.3 Å². The van der Waals surface area contributed by atoms with E-state index >= 15 is 0 Å². The van der Waals surface area contributed by atoms with E-state index in [4.69, 9.17) is 9.72 Å². The summed E-state index contributed by atoms with van der Waals surface area (Å²) >= 11 is 0. The Labute approximate surface area is 270 Å². The lowest BCUT2D eigenvalue weighted by Crippen LogP contribution is -2.40. The van der Waals surface area contributed by atoms with E-state index in [0.717, 1.165) is 16.8 Å². The molecule has 0 bridgehead atoms. The average Bonchev–Trinajstić information content (AvgIpc) is 3.04. The van der Waals surface area contributed by atoms with Crippen LogP contribution in [-0.4, -0.2) is 58.6 Å². The van der Waals surface area contributed by atoms with Crippen molar-refractivity contribution in [3.05, 3.63) is 106 Å². The van der Waals surface area contributed by atoms with Crippen LogP contribution >= 0.6 is 0 Å². The van der Waals surface area contributed by atoms with Gasteiger partial charge in [-0.15, -0.1) is 0 Å². The SMILES string of the molecule is Cc1c(-c2cn(C)c(=O)c(Nc3ccc(C(=O)N4CCOCC4)cc3)n2)cccc1N(C(=O)c1ccc(C(C)(C)C)cc1)C(C)C. The molecule has 0 unspecified atom stereocenters. The minimum atomic E-state index is -0.288. The van der Waals surface area contributed by atoms with Crippen LogP contribution in [0.5, 0.6) is 0 Å². The number of aromatic nitrogens is 2. The second kappa shape index (κ2) is 13.3. The molecule has 1 aliphatic heterocycles. The van der Waals surface area contributed by atoms with E-state index < -0.39 is 0 Å². The van der Waals surface area contributed by atoms with Crippen molar-refractivity contribution in [1.29, 1.82) is 0 Å². The predicted octanol–water partition coefficient (Wildman–Crippen LogP) is 6.32. The first kappa shape index (κ1) is 32.6. The number of rotatable bonds is 7. The first-order valence-corrected chi connectivity index (χ1v) is 15.7. The Balaban J connectivity index is 1.43. The number of hydrogen-bond acceptors (Lipinski definition) is 6. The Morgan fingerprint density at radius 3 is 2.17 bits per heavy atom. The van der Waals surface area contributed by atoms with Crippen LogP contribution in [0, 0.1) is 6.92 Å². The fourth-order valence-electron chi connectivity index (χ4n) is 5.64. The number of nitrogens with zero attached hydrogens (tertiary/aromatic N) is 4. The first-order chi connectivity index (χ1) is 21.8. The highest BCUT2D eigenvalue weighted by Crippen LogP contribution is 2.33. The summed E-state index contributed by atoms with van der Waals surface area (Å²) < 4.78 is 6.85. The van der Waals surface area contributed by atoms with Crippen LogP contribution in [0.1, 0.15) is 66.5 Å². The molecule has 2 heterocycles. The zero-order chi connectivity index (χ0) is 33.2. The summed E-state index contributed by atoms with van der Waals surface area (Å²) in [7, 11) is 1.69. The topological polar surface area (TPSA) is 96.8 Å². The van der Waals surface area contributed by atoms with Gasteiger partial charge in [0, 0.05) is 60.4 Å².